The average Bonchev–Trinajstić information content (AvgIpc) is 3.12. The molecule has 0 aliphatic carbocycles. The minimum absolute atomic E-state index is 0. The van der Waals surface area contributed by atoms with Crippen LogP contribution in [-0.4, -0.2) is 0 Å². The van der Waals surface area contributed by atoms with Crippen LogP contribution in [0.3, 0.4) is 0 Å². The molecule has 0 radical (unpaired) electrons. The maximum absolute atomic E-state index is 5.14. The van der Waals surface area contributed by atoms with Crippen LogP contribution in [0.1, 0.15) is 11.3 Å². The summed E-state index contributed by atoms with van der Waals surface area (Å²) in [7, 11) is 0. The van der Waals surface area contributed by atoms with Gasteiger partial charge in [0.25, 0.3) is 0 Å². The van der Waals surface area contributed by atoms with E-state index in [1.165, 1.54) is 5.56 Å². The molecule has 2 aromatic carbocycles. The standard InChI is InChI=1S/C11H9O.C5H5.Fe/c1-2-5-10(4-1)7-8-11-6-3-9-12-11;1-2-4-5-3-1;/h1-9H;1-5H;/q2*-1;+2. The van der Waals surface area contributed by atoms with Crippen LogP contribution in [0, 0.1) is 0 Å². The fraction of sp³-hybridized carbons (Fsp3) is 0. The number of rotatable bonds is 2. The van der Waals surface area contributed by atoms with Gasteiger partial charge in [-0.25, -0.2) is 12.1 Å². The first-order chi connectivity index (χ1) is 8.45. The van der Waals surface area contributed by atoms with Gasteiger partial charge in [0.1, 0.15) is 0 Å². The largest absolute Gasteiger partial charge is 2.00 e. The Morgan fingerprint density at radius 2 is 1.72 bits per heavy atom. The molecule has 0 N–H and O–H groups in total. The van der Waals surface area contributed by atoms with Gasteiger partial charge in [-0.15, -0.1) is 23.8 Å². The van der Waals surface area contributed by atoms with Gasteiger partial charge in [0.2, 0.25) is 0 Å². The van der Waals surface area contributed by atoms with E-state index in [-0.39, 0.29) is 17.1 Å². The van der Waals surface area contributed by atoms with Crippen molar-refractivity contribution in [3.05, 3.63) is 84.3 Å². The van der Waals surface area contributed by atoms with Crippen LogP contribution in [0.4, 0.5) is 0 Å². The van der Waals surface area contributed by atoms with E-state index in [0.29, 0.717) is 0 Å². The molecule has 0 spiro atoms. The molecule has 3 rings (SSSR count). The smallest absolute Gasteiger partial charge is 0.475 e. The van der Waals surface area contributed by atoms with Gasteiger partial charge >= 0.3 is 17.1 Å². The molecule has 1 nitrogen and oxygen atoms in total. The van der Waals surface area contributed by atoms with Crippen molar-refractivity contribution in [1.29, 1.82) is 0 Å². The molecule has 0 bridgehead atoms. The van der Waals surface area contributed by atoms with E-state index in [2.05, 4.69) is 12.1 Å². The second-order valence-corrected chi connectivity index (χ2v) is 3.53. The maximum Gasteiger partial charge on any atom is 2.00 e. The molecule has 2 heteroatoms. The van der Waals surface area contributed by atoms with E-state index in [9.17, 15) is 0 Å². The van der Waals surface area contributed by atoms with Crippen LogP contribution in [0.25, 0.3) is 12.2 Å². The second-order valence-electron chi connectivity index (χ2n) is 3.53. The molecule has 0 aliphatic rings. The molecule has 18 heavy (non-hydrogen) atoms. The summed E-state index contributed by atoms with van der Waals surface area (Å²) in [6.07, 6.45) is 5.65. The van der Waals surface area contributed by atoms with Crippen LogP contribution >= 0.6 is 0 Å². The zero-order chi connectivity index (χ0) is 11.8. The summed E-state index contributed by atoms with van der Waals surface area (Å²) in [5, 5.41) is 0. The van der Waals surface area contributed by atoms with E-state index >= 15 is 0 Å². The Morgan fingerprint density at radius 3 is 2.22 bits per heavy atom. The van der Waals surface area contributed by atoms with Crippen LogP contribution in [0.5, 0.6) is 0 Å². The number of hydrogen-bond donors (Lipinski definition) is 0. The van der Waals surface area contributed by atoms with E-state index in [1.54, 1.807) is 6.26 Å². The van der Waals surface area contributed by atoms with Gasteiger partial charge in [-0.3, -0.25) is 0 Å². The van der Waals surface area contributed by atoms with Gasteiger partial charge in [-0.2, -0.15) is 30.3 Å². The Labute approximate surface area is 118 Å². The van der Waals surface area contributed by atoms with Crippen LogP contribution < -0.4 is 0 Å². The third kappa shape index (κ3) is 5.05. The van der Waals surface area contributed by atoms with Crippen molar-refractivity contribution in [2.24, 2.45) is 0 Å². The summed E-state index contributed by atoms with van der Waals surface area (Å²) in [5.74, 6) is 0.885. The Kier molecular flexibility index (Phi) is 6.63. The summed E-state index contributed by atoms with van der Waals surface area (Å²) in [6, 6.07) is 22.0. The normalized spacial score (nSPS) is 9.56. The molecule has 0 aliphatic heterocycles. The first-order valence-electron chi connectivity index (χ1n) is 5.55. The zero-order valence-corrected chi connectivity index (χ0v) is 10.9. The molecule has 1 heterocycles. The molecule has 3 aromatic rings. The monoisotopic (exact) mass is 278 g/mol. The summed E-state index contributed by atoms with van der Waals surface area (Å²) >= 11 is 0. The predicted molar refractivity (Wildman–Crippen MR) is 71.7 cm³/mol. The van der Waals surface area contributed by atoms with E-state index in [1.807, 2.05) is 66.7 Å². The third-order valence-electron chi connectivity index (χ3n) is 2.23. The summed E-state index contributed by atoms with van der Waals surface area (Å²) in [5.41, 5.74) is 1.20. The number of hydrogen-bond acceptors (Lipinski definition) is 1. The van der Waals surface area contributed by atoms with Gasteiger partial charge in [0.05, 0.1) is 12.0 Å². The van der Waals surface area contributed by atoms with Gasteiger partial charge in [0, 0.05) is 0 Å². The van der Waals surface area contributed by atoms with Crippen molar-refractivity contribution in [2.75, 3.05) is 0 Å². The molecular weight excluding hydrogens is 264 g/mol. The fourth-order valence-electron chi connectivity index (χ4n) is 1.39. The van der Waals surface area contributed by atoms with E-state index in [4.69, 9.17) is 4.42 Å². The zero-order valence-electron chi connectivity index (χ0n) is 9.84. The molecule has 92 valence electrons. The Bertz CT molecular complexity index is 448. The van der Waals surface area contributed by atoms with Crippen molar-refractivity contribution in [1.82, 2.24) is 0 Å². The Hall–Kier alpha value is -1.76. The number of furan rings is 1. The van der Waals surface area contributed by atoms with Crippen molar-refractivity contribution < 1.29 is 21.5 Å². The molecule has 1 aromatic heterocycles. The Balaban J connectivity index is 0.000000230. The summed E-state index contributed by atoms with van der Waals surface area (Å²) in [6.45, 7) is 0. The minimum Gasteiger partial charge on any atom is -0.475 e. The quantitative estimate of drug-likeness (QED) is 0.494. The molecule has 0 saturated carbocycles. The molecular formula is C16H14FeO. The Morgan fingerprint density at radius 1 is 1.00 bits per heavy atom. The summed E-state index contributed by atoms with van der Waals surface area (Å²) in [4.78, 5) is 0. The second kappa shape index (κ2) is 8.35. The first-order valence-corrected chi connectivity index (χ1v) is 5.55. The van der Waals surface area contributed by atoms with E-state index < -0.39 is 0 Å². The molecule has 0 atom stereocenters. The van der Waals surface area contributed by atoms with Crippen LogP contribution in [0.2, 0.25) is 0 Å². The molecule has 0 fully saturated rings. The summed E-state index contributed by atoms with van der Waals surface area (Å²) < 4.78 is 5.14. The van der Waals surface area contributed by atoms with Crippen molar-refractivity contribution in [3.63, 3.8) is 0 Å². The van der Waals surface area contributed by atoms with Crippen molar-refractivity contribution in [3.8, 4) is 0 Å². The van der Waals surface area contributed by atoms with Crippen molar-refractivity contribution in [2.45, 2.75) is 0 Å². The third-order valence-corrected chi connectivity index (χ3v) is 2.23. The van der Waals surface area contributed by atoms with E-state index in [0.717, 1.165) is 5.76 Å². The minimum atomic E-state index is 0. The maximum atomic E-state index is 5.14. The van der Waals surface area contributed by atoms with Gasteiger partial charge < -0.3 is 4.42 Å². The average molecular weight is 278 g/mol. The topological polar surface area (TPSA) is 13.1 Å². The van der Waals surface area contributed by atoms with Gasteiger partial charge in [-0.1, -0.05) is 6.08 Å². The SMILES string of the molecule is C(=C[c-]1cccc1)c1ccco1.[Fe+2].c1cc[cH-]c1. The fourth-order valence-corrected chi connectivity index (χ4v) is 1.39. The predicted octanol–water partition coefficient (Wildman–Crippen LogP) is 4.57. The molecule has 0 saturated heterocycles. The van der Waals surface area contributed by atoms with Crippen LogP contribution in [-0.2, 0) is 17.1 Å². The van der Waals surface area contributed by atoms with Crippen molar-refractivity contribution >= 4 is 12.2 Å². The molecule has 0 amide bonds. The molecule has 0 unspecified atom stereocenters. The van der Waals surface area contributed by atoms with Crippen LogP contribution in [0.15, 0.2) is 77.4 Å². The van der Waals surface area contributed by atoms with Gasteiger partial charge in [-0.05, 0) is 12.1 Å². The van der Waals surface area contributed by atoms with Gasteiger partial charge in [0.15, 0.2) is 0 Å². The first kappa shape index (κ1) is 14.3.